The van der Waals surface area contributed by atoms with Crippen LogP contribution in [-0.4, -0.2) is 36.1 Å². The molecule has 134 valence electrons. The summed E-state index contributed by atoms with van der Waals surface area (Å²) in [6.45, 7) is 17.3. The highest BCUT2D eigenvalue weighted by Crippen LogP contribution is 2.44. The van der Waals surface area contributed by atoms with Crippen LogP contribution in [0.4, 0.5) is 0 Å². The van der Waals surface area contributed by atoms with E-state index in [9.17, 15) is 4.79 Å². The second-order valence-electron chi connectivity index (χ2n) is 9.04. The molecule has 1 amide bonds. The lowest BCUT2D eigenvalue weighted by atomic mass is 9.67. The van der Waals surface area contributed by atoms with Gasteiger partial charge in [0.2, 0.25) is 5.91 Å². The first-order valence-electron chi connectivity index (χ1n) is 9.59. The summed E-state index contributed by atoms with van der Waals surface area (Å²) in [5.74, 6) is 1.91. The first-order valence-corrected chi connectivity index (χ1v) is 9.59. The van der Waals surface area contributed by atoms with Gasteiger partial charge < -0.3 is 9.64 Å². The van der Waals surface area contributed by atoms with Gasteiger partial charge in [0, 0.05) is 30.0 Å². The predicted molar refractivity (Wildman–Crippen MR) is 95.2 cm³/mol. The van der Waals surface area contributed by atoms with Crippen LogP contribution in [0.2, 0.25) is 0 Å². The van der Waals surface area contributed by atoms with Crippen molar-refractivity contribution >= 4 is 5.91 Å². The monoisotopic (exact) mass is 323 g/mol. The molecule has 0 bridgehead atoms. The highest BCUT2D eigenvalue weighted by molar-refractivity contribution is 5.81. The van der Waals surface area contributed by atoms with E-state index in [0.717, 1.165) is 32.5 Å². The van der Waals surface area contributed by atoms with Crippen molar-refractivity contribution in [2.24, 2.45) is 29.1 Å². The molecule has 2 aliphatic rings. The molecule has 3 nitrogen and oxygen atoms in total. The van der Waals surface area contributed by atoms with E-state index in [2.05, 4.69) is 53.4 Å². The molecule has 2 aliphatic heterocycles. The van der Waals surface area contributed by atoms with Crippen LogP contribution in [0, 0.1) is 29.1 Å². The van der Waals surface area contributed by atoms with E-state index in [1.807, 2.05) is 0 Å². The Morgan fingerprint density at radius 1 is 1.22 bits per heavy atom. The number of likely N-dealkylation sites (tertiary alicyclic amines) is 1. The van der Waals surface area contributed by atoms with E-state index in [0.29, 0.717) is 35.7 Å². The summed E-state index contributed by atoms with van der Waals surface area (Å²) >= 11 is 0. The van der Waals surface area contributed by atoms with E-state index in [-0.39, 0.29) is 11.3 Å². The molecule has 0 spiro atoms. The van der Waals surface area contributed by atoms with Crippen molar-refractivity contribution in [3.05, 3.63) is 0 Å². The Kier molecular flexibility index (Phi) is 5.81. The lowest BCUT2D eigenvalue weighted by Crippen LogP contribution is -2.53. The van der Waals surface area contributed by atoms with Crippen LogP contribution in [0.25, 0.3) is 0 Å². The Hall–Kier alpha value is -0.570. The van der Waals surface area contributed by atoms with Gasteiger partial charge in [-0.3, -0.25) is 4.79 Å². The standard InChI is InChI=1S/C20H37NO2/c1-13(2)17-11-15(5)16(6)21(17)19(22)18(14(3)4)20(7)9-8-10-23-12-20/h13-18H,8-12H2,1-7H3/t15?,16?,17-,18?,20?/m0/s1. The maximum Gasteiger partial charge on any atom is 0.227 e. The van der Waals surface area contributed by atoms with Crippen LogP contribution in [0.5, 0.6) is 0 Å². The van der Waals surface area contributed by atoms with Crippen LogP contribution in [-0.2, 0) is 9.53 Å². The first-order chi connectivity index (χ1) is 10.7. The highest BCUT2D eigenvalue weighted by atomic mass is 16.5. The molecule has 0 saturated carbocycles. The second kappa shape index (κ2) is 7.13. The van der Waals surface area contributed by atoms with Gasteiger partial charge in [0.1, 0.15) is 0 Å². The first kappa shape index (κ1) is 18.8. The van der Waals surface area contributed by atoms with Crippen LogP contribution >= 0.6 is 0 Å². The lowest BCUT2D eigenvalue weighted by Gasteiger charge is -2.45. The second-order valence-corrected chi connectivity index (χ2v) is 9.04. The molecule has 0 aromatic heterocycles. The Morgan fingerprint density at radius 2 is 1.87 bits per heavy atom. The summed E-state index contributed by atoms with van der Waals surface area (Å²) in [7, 11) is 0. The molecule has 0 aromatic carbocycles. The van der Waals surface area contributed by atoms with Crippen molar-refractivity contribution in [1.29, 1.82) is 0 Å². The molecule has 2 heterocycles. The number of carbonyl (C=O) groups excluding carboxylic acids is 1. The topological polar surface area (TPSA) is 29.5 Å². The Morgan fingerprint density at radius 3 is 2.35 bits per heavy atom. The van der Waals surface area contributed by atoms with Gasteiger partial charge in [0.25, 0.3) is 0 Å². The number of amides is 1. The summed E-state index contributed by atoms with van der Waals surface area (Å²) in [5.41, 5.74) is -0.0173. The normalized spacial score (nSPS) is 36.7. The fraction of sp³-hybridized carbons (Fsp3) is 0.950. The molecule has 0 N–H and O–H groups in total. The number of carbonyl (C=O) groups is 1. The third-order valence-electron chi connectivity index (χ3n) is 6.41. The third kappa shape index (κ3) is 3.60. The smallest absolute Gasteiger partial charge is 0.227 e. The molecule has 2 rings (SSSR count). The fourth-order valence-corrected chi connectivity index (χ4v) is 4.97. The minimum absolute atomic E-state index is 0.0173. The van der Waals surface area contributed by atoms with Crippen molar-refractivity contribution in [2.45, 2.75) is 79.8 Å². The molecular formula is C20H37NO2. The third-order valence-corrected chi connectivity index (χ3v) is 6.41. The maximum atomic E-state index is 13.6. The highest BCUT2D eigenvalue weighted by Gasteiger charge is 2.49. The number of ether oxygens (including phenoxy) is 1. The van der Waals surface area contributed by atoms with Crippen molar-refractivity contribution in [3.8, 4) is 0 Å². The van der Waals surface area contributed by atoms with Crippen molar-refractivity contribution in [3.63, 3.8) is 0 Å². The minimum atomic E-state index is -0.0173. The van der Waals surface area contributed by atoms with Gasteiger partial charge in [-0.2, -0.15) is 0 Å². The van der Waals surface area contributed by atoms with Crippen molar-refractivity contribution < 1.29 is 9.53 Å². The molecular weight excluding hydrogens is 286 g/mol. The zero-order valence-electron chi connectivity index (χ0n) is 16.3. The van der Waals surface area contributed by atoms with Crippen LogP contribution in [0.15, 0.2) is 0 Å². The molecule has 5 atom stereocenters. The van der Waals surface area contributed by atoms with Crippen LogP contribution < -0.4 is 0 Å². The zero-order chi connectivity index (χ0) is 17.4. The maximum absolute atomic E-state index is 13.6. The van der Waals surface area contributed by atoms with Gasteiger partial charge in [-0.1, -0.05) is 41.5 Å². The minimum Gasteiger partial charge on any atom is -0.381 e. The number of rotatable bonds is 4. The summed E-state index contributed by atoms with van der Waals surface area (Å²) in [5, 5.41) is 0. The van der Waals surface area contributed by atoms with Gasteiger partial charge in [-0.15, -0.1) is 0 Å². The molecule has 23 heavy (non-hydrogen) atoms. The Balaban J connectivity index is 2.29. The van der Waals surface area contributed by atoms with Gasteiger partial charge in [0.05, 0.1) is 6.61 Å². The quantitative estimate of drug-likeness (QED) is 0.769. The molecule has 4 unspecified atom stereocenters. The average molecular weight is 324 g/mol. The fourth-order valence-electron chi connectivity index (χ4n) is 4.97. The molecule has 2 fully saturated rings. The van der Waals surface area contributed by atoms with Crippen molar-refractivity contribution in [2.75, 3.05) is 13.2 Å². The number of nitrogens with zero attached hydrogens (tertiary/aromatic N) is 1. The SMILES string of the molecule is CC(C)C(C(=O)N1C(C)C(C)C[C@H]1C(C)C)C1(C)CCCOC1. The van der Waals surface area contributed by atoms with E-state index in [1.165, 1.54) is 0 Å². The molecule has 2 saturated heterocycles. The molecule has 0 aromatic rings. The summed E-state index contributed by atoms with van der Waals surface area (Å²) in [6.07, 6.45) is 3.32. The Bertz CT molecular complexity index is 412. The lowest BCUT2D eigenvalue weighted by molar-refractivity contribution is -0.151. The van der Waals surface area contributed by atoms with E-state index in [1.54, 1.807) is 0 Å². The van der Waals surface area contributed by atoms with Gasteiger partial charge in [-0.05, 0) is 43.9 Å². The largest absolute Gasteiger partial charge is 0.381 e. The van der Waals surface area contributed by atoms with E-state index in [4.69, 9.17) is 4.74 Å². The molecule has 3 heteroatoms. The molecule has 0 aliphatic carbocycles. The van der Waals surface area contributed by atoms with Gasteiger partial charge in [-0.25, -0.2) is 0 Å². The average Bonchev–Trinajstić information content (AvgIpc) is 2.75. The van der Waals surface area contributed by atoms with Gasteiger partial charge in [0.15, 0.2) is 0 Å². The summed E-state index contributed by atoms with van der Waals surface area (Å²) < 4.78 is 5.78. The Labute approximate surface area is 143 Å². The van der Waals surface area contributed by atoms with E-state index >= 15 is 0 Å². The predicted octanol–water partition coefficient (Wildman–Crippen LogP) is 4.36. The number of hydrogen-bond donors (Lipinski definition) is 0. The zero-order valence-corrected chi connectivity index (χ0v) is 16.3. The number of hydrogen-bond acceptors (Lipinski definition) is 2. The van der Waals surface area contributed by atoms with Crippen LogP contribution in [0.1, 0.15) is 67.7 Å². The van der Waals surface area contributed by atoms with Gasteiger partial charge >= 0.3 is 0 Å². The molecule has 0 radical (unpaired) electrons. The summed E-state index contributed by atoms with van der Waals surface area (Å²) in [6, 6.07) is 0.742. The van der Waals surface area contributed by atoms with E-state index < -0.39 is 0 Å². The summed E-state index contributed by atoms with van der Waals surface area (Å²) in [4.78, 5) is 15.9. The van der Waals surface area contributed by atoms with Crippen LogP contribution in [0.3, 0.4) is 0 Å². The van der Waals surface area contributed by atoms with Crippen molar-refractivity contribution in [1.82, 2.24) is 4.90 Å².